The Bertz CT molecular complexity index is 699. The Morgan fingerprint density at radius 3 is 2.62 bits per heavy atom. The molecule has 1 amide bonds. The highest BCUT2D eigenvalue weighted by Crippen LogP contribution is 2.25. The van der Waals surface area contributed by atoms with Gasteiger partial charge >= 0.3 is 6.09 Å². The van der Waals surface area contributed by atoms with Crippen molar-refractivity contribution in [2.45, 2.75) is 39.3 Å². The SMILES string of the molecule is CCc1cnc([C@H](C)N[C@H](C)c2ccc(N3CCOC3=O)cc2)s1. The van der Waals surface area contributed by atoms with Crippen molar-refractivity contribution in [3.8, 4) is 0 Å². The maximum atomic E-state index is 11.6. The normalized spacial score (nSPS) is 17.0. The summed E-state index contributed by atoms with van der Waals surface area (Å²) in [5, 5.41) is 4.71. The van der Waals surface area contributed by atoms with Crippen LogP contribution in [0.25, 0.3) is 0 Å². The Kier molecular flexibility index (Phi) is 5.16. The number of thiazole rings is 1. The smallest absolute Gasteiger partial charge is 0.414 e. The summed E-state index contributed by atoms with van der Waals surface area (Å²) < 4.78 is 4.98. The van der Waals surface area contributed by atoms with Gasteiger partial charge in [0.15, 0.2) is 0 Å². The van der Waals surface area contributed by atoms with Gasteiger partial charge in [-0.25, -0.2) is 9.78 Å². The molecule has 1 aliphatic rings. The molecule has 2 heterocycles. The van der Waals surface area contributed by atoms with Gasteiger partial charge in [-0.1, -0.05) is 19.1 Å². The number of nitrogens with one attached hydrogen (secondary N) is 1. The number of rotatable bonds is 6. The van der Waals surface area contributed by atoms with Crippen LogP contribution in [0.4, 0.5) is 10.5 Å². The van der Waals surface area contributed by atoms with Crippen molar-refractivity contribution in [2.75, 3.05) is 18.1 Å². The summed E-state index contributed by atoms with van der Waals surface area (Å²) in [6.45, 7) is 7.51. The zero-order valence-corrected chi connectivity index (χ0v) is 15.1. The molecule has 0 saturated carbocycles. The van der Waals surface area contributed by atoms with Gasteiger partial charge in [0.05, 0.1) is 12.6 Å². The predicted octanol–water partition coefficient (Wildman–Crippen LogP) is 4.07. The zero-order chi connectivity index (χ0) is 17.1. The van der Waals surface area contributed by atoms with Crippen LogP contribution in [-0.4, -0.2) is 24.2 Å². The van der Waals surface area contributed by atoms with Gasteiger partial charge in [0.2, 0.25) is 0 Å². The summed E-state index contributed by atoms with van der Waals surface area (Å²) >= 11 is 1.77. The van der Waals surface area contributed by atoms with Gasteiger partial charge in [0.25, 0.3) is 0 Å². The Morgan fingerprint density at radius 2 is 2.04 bits per heavy atom. The number of carbonyl (C=O) groups is 1. The van der Waals surface area contributed by atoms with Crippen LogP contribution >= 0.6 is 11.3 Å². The average Bonchev–Trinajstić information content (AvgIpc) is 3.23. The fraction of sp³-hybridized carbons (Fsp3) is 0.444. The highest BCUT2D eigenvalue weighted by atomic mass is 32.1. The standard InChI is InChI=1S/C18H23N3O2S/c1-4-16-11-19-17(24-16)13(3)20-12(2)14-5-7-15(8-6-14)21-9-10-23-18(21)22/h5-8,11-13,20H,4,9-10H2,1-3H3/t12-,13+/m1/s1. The number of hydrogen-bond acceptors (Lipinski definition) is 5. The lowest BCUT2D eigenvalue weighted by Gasteiger charge is -2.20. The summed E-state index contributed by atoms with van der Waals surface area (Å²) in [5.41, 5.74) is 2.07. The van der Waals surface area contributed by atoms with Crippen molar-refractivity contribution in [1.82, 2.24) is 10.3 Å². The van der Waals surface area contributed by atoms with Crippen LogP contribution in [-0.2, 0) is 11.2 Å². The van der Waals surface area contributed by atoms with Gasteiger partial charge < -0.3 is 10.1 Å². The van der Waals surface area contributed by atoms with E-state index in [-0.39, 0.29) is 18.2 Å². The first kappa shape index (κ1) is 16.9. The maximum absolute atomic E-state index is 11.6. The molecule has 1 saturated heterocycles. The summed E-state index contributed by atoms with van der Waals surface area (Å²) in [7, 11) is 0. The van der Waals surface area contributed by atoms with E-state index < -0.39 is 0 Å². The number of carbonyl (C=O) groups excluding carboxylic acids is 1. The number of anilines is 1. The lowest BCUT2D eigenvalue weighted by molar-refractivity contribution is 0.181. The second kappa shape index (κ2) is 7.32. The van der Waals surface area contributed by atoms with Crippen LogP contribution in [0.1, 0.15) is 48.3 Å². The van der Waals surface area contributed by atoms with Gasteiger partial charge in [-0.05, 0) is 38.0 Å². The number of aromatic nitrogens is 1. The van der Waals surface area contributed by atoms with E-state index in [1.165, 1.54) is 10.4 Å². The van der Waals surface area contributed by atoms with E-state index in [1.807, 2.05) is 18.3 Å². The Morgan fingerprint density at radius 1 is 1.29 bits per heavy atom. The third kappa shape index (κ3) is 3.60. The molecule has 2 atom stereocenters. The first-order valence-corrected chi connectivity index (χ1v) is 9.15. The van der Waals surface area contributed by atoms with Gasteiger partial charge in [0.1, 0.15) is 11.6 Å². The quantitative estimate of drug-likeness (QED) is 0.857. The van der Waals surface area contributed by atoms with Gasteiger partial charge in [0, 0.05) is 22.8 Å². The van der Waals surface area contributed by atoms with E-state index >= 15 is 0 Å². The molecule has 0 radical (unpaired) electrons. The Hall–Kier alpha value is -1.92. The highest BCUT2D eigenvalue weighted by Gasteiger charge is 2.23. The minimum absolute atomic E-state index is 0.202. The van der Waals surface area contributed by atoms with Crippen molar-refractivity contribution in [2.24, 2.45) is 0 Å². The van der Waals surface area contributed by atoms with Gasteiger partial charge in [-0.2, -0.15) is 0 Å². The molecule has 1 aromatic carbocycles. The largest absolute Gasteiger partial charge is 0.447 e. The molecule has 0 spiro atoms. The van der Waals surface area contributed by atoms with Crippen molar-refractivity contribution in [3.05, 3.63) is 45.9 Å². The van der Waals surface area contributed by atoms with Crippen LogP contribution in [0.3, 0.4) is 0 Å². The molecular formula is C18H23N3O2S. The van der Waals surface area contributed by atoms with Crippen LogP contribution < -0.4 is 10.2 Å². The second-order valence-electron chi connectivity index (χ2n) is 5.99. The van der Waals surface area contributed by atoms with E-state index in [0.29, 0.717) is 13.2 Å². The maximum Gasteiger partial charge on any atom is 0.414 e. The first-order chi connectivity index (χ1) is 11.6. The van der Waals surface area contributed by atoms with Crippen molar-refractivity contribution < 1.29 is 9.53 Å². The average molecular weight is 345 g/mol. The summed E-state index contributed by atoms with van der Waals surface area (Å²) in [5.74, 6) is 0. The lowest BCUT2D eigenvalue weighted by atomic mass is 10.1. The minimum atomic E-state index is -0.266. The van der Waals surface area contributed by atoms with E-state index in [1.54, 1.807) is 16.2 Å². The number of amides is 1. The summed E-state index contributed by atoms with van der Waals surface area (Å²) in [4.78, 5) is 19.1. The third-order valence-electron chi connectivity index (χ3n) is 4.26. The number of ether oxygens (including phenoxy) is 1. The van der Waals surface area contributed by atoms with Crippen LogP contribution in [0.15, 0.2) is 30.5 Å². The number of nitrogens with zero attached hydrogens (tertiary/aromatic N) is 2. The van der Waals surface area contributed by atoms with Gasteiger partial charge in [-0.15, -0.1) is 11.3 Å². The molecule has 1 fully saturated rings. The molecule has 5 nitrogen and oxygen atoms in total. The fourth-order valence-corrected chi connectivity index (χ4v) is 3.67. The highest BCUT2D eigenvalue weighted by molar-refractivity contribution is 7.11. The van der Waals surface area contributed by atoms with Crippen molar-refractivity contribution >= 4 is 23.1 Å². The molecule has 6 heteroatoms. The minimum Gasteiger partial charge on any atom is -0.447 e. The monoisotopic (exact) mass is 345 g/mol. The van der Waals surface area contributed by atoms with Crippen molar-refractivity contribution in [1.29, 1.82) is 0 Å². The van der Waals surface area contributed by atoms with E-state index in [9.17, 15) is 4.79 Å². The van der Waals surface area contributed by atoms with E-state index in [0.717, 1.165) is 17.1 Å². The molecule has 2 aromatic rings. The summed E-state index contributed by atoms with van der Waals surface area (Å²) in [6, 6.07) is 8.48. The zero-order valence-electron chi connectivity index (χ0n) is 14.3. The summed E-state index contributed by atoms with van der Waals surface area (Å²) in [6.07, 6.45) is 2.73. The molecule has 3 rings (SSSR count). The molecule has 1 N–H and O–H groups in total. The topological polar surface area (TPSA) is 54.5 Å². The van der Waals surface area contributed by atoms with E-state index in [2.05, 4.69) is 43.2 Å². The van der Waals surface area contributed by atoms with Crippen LogP contribution in [0.2, 0.25) is 0 Å². The fourth-order valence-electron chi connectivity index (χ4n) is 2.80. The number of cyclic esters (lactones) is 1. The first-order valence-electron chi connectivity index (χ1n) is 8.33. The van der Waals surface area contributed by atoms with E-state index in [4.69, 9.17) is 4.74 Å². The Labute approximate surface area is 146 Å². The molecule has 0 aliphatic carbocycles. The van der Waals surface area contributed by atoms with Crippen LogP contribution in [0, 0.1) is 0 Å². The number of hydrogen-bond donors (Lipinski definition) is 1. The molecule has 128 valence electrons. The molecular weight excluding hydrogens is 322 g/mol. The molecule has 0 unspecified atom stereocenters. The molecule has 1 aromatic heterocycles. The Balaban J connectivity index is 1.64. The molecule has 0 bridgehead atoms. The van der Waals surface area contributed by atoms with Crippen molar-refractivity contribution in [3.63, 3.8) is 0 Å². The molecule has 24 heavy (non-hydrogen) atoms. The second-order valence-corrected chi connectivity index (χ2v) is 7.13. The van der Waals surface area contributed by atoms with Crippen LogP contribution in [0.5, 0.6) is 0 Å². The lowest BCUT2D eigenvalue weighted by Crippen LogP contribution is -2.24. The number of benzene rings is 1. The molecule has 1 aliphatic heterocycles. The predicted molar refractivity (Wildman–Crippen MR) is 96.6 cm³/mol. The number of aryl methyl sites for hydroxylation is 1. The van der Waals surface area contributed by atoms with Gasteiger partial charge in [-0.3, -0.25) is 4.90 Å². The third-order valence-corrected chi connectivity index (χ3v) is 5.58.